The lowest BCUT2D eigenvalue weighted by molar-refractivity contribution is -0.139. The van der Waals surface area contributed by atoms with Crippen molar-refractivity contribution < 1.29 is 29.0 Å². The number of amides is 2. The lowest BCUT2D eigenvalue weighted by atomic mass is 10.1. The van der Waals surface area contributed by atoms with E-state index in [-0.39, 0.29) is 12.5 Å². The zero-order valence-electron chi connectivity index (χ0n) is 10.9. The van der Waals surface area contributed by atoms with Crippen LogP contribution in [0.25, 0.3) is 0 Å². The molecular formula is C12H18N2O6. The molecule has 0 bridgehead atoms. The Morgan fingerprint density at radius 3 is 2.80 bits per heavy atom. The number of aliphatic carboxylic acids is 1. The van der Waals surface area contributed by atoms with Crippen LogP contribution < -0.4 is 11.1 Å². The number of allylic oxidation sites excluding steroid dienone is 1. The molecule has 0 saturated carbocycles. The summed E-state index contributed by atoms with van der Waals surface area (Å²) in [5.74, 6) is -1.78. The number of rotatable bonds is 7. The van der Waals surface area contributed by atoms with Gasteiger partial charge in [0, 0.05) is 6.42 Å². The molecule has 0 spiro atoms. The molecule has 8 nitrogen and oxygen atoms in total. The molecule has 1 fully saturated rings. The topological polar surface area (TPSA) is 128 Å². The Balaban J connectivity index is 2.35. The van der Waals surface area contributed by atoms with Gasteiger partial charge in [0.2, 0.25) is 5.91 Å². The highest BCUT2D eigenvalue weighted by atomic mass is 16.6. The molecule has 1 aliphatic heterocycles. The van der Waals surface area contributed by atoms with Crippen LogP contribution in [-0.2, 0) is 19.1 Å². The predicted octanol–water partition coefficient (Wildman–Crippen LogP) is -0.224. The Morgan fingerprint density at radius 1 is 1.50 bits per heavy atom. The normalized spacial score (nSPS) is 19.7. The number of ether oxygens (including phenoxy) is 2. The number of hydrogen-bond acceptors (Lipinski definition) is 5. The van der Waals surface area contributed by atoms with Crippen LogP contribution in [0.5, 0.6) is 0 Å². The molecule has 0 aliphatic carbocycles. The van der Waals surface area contributed by atoms with E-state index in [1.807, 2.05) is 0 Å². The number of primary amides is 1. The van der Waals surface area contributed by atoms with Gasteiger partial charge in [0.05, 0.1) is 13.2 Å². The van der Waals surface area contributed by atoms with Crippen LogP contribution in [0.1, 0.15) is 19.3 Å². The maximum Gasteiger partial charge on any atom is 0.408 e. The van der Waals surface area contributed by atoms with E-state index in [2.05, 4.69) is 5.32 Å². The van der Waals surface area contributed by atoms with Crippen LogP contribution >= 0.6 is 0 Å². The molecule has 2 atom stereocenters. The maximum atomic E-state index is 11.5. The van der Waals surface area contributed by atoms with Crippen molar-refractivity contribution in [2.75, 3.05) is 13.2 Å². The summed E-state index contributed by atoms with van der Waals surface area (Å²) in [6.45, 7) is 0.852. The molecule has 0 aromatic rings. The first-order valence-electron chi connectivity index (χ1n) is 6.22. The van der Waals surface area contributed by atoms with Crippen molar-refractivity contribution in [1.82, 2.24) is 5.32 Å². The third-order valence-electron chi connectivity index (χ3n) is 2.66. The van der Waals surface area contributed by atoms with Crippen LogP contribution in [0.3, 0.4) is 0 Å². The van der Waals surface area contributed by atoms with E-state index < -0.39 is 24.0 Å². The van der Waals surface area contributed by atoms with E-state index in [9.17, 15) is 14.4 Å². The van der Waals surface area contributed by atoms with E-state index in [0.717, 1.165) is 6.08 Å². The second-order valence-electron chi connectivity index (χ2n) is 4.31. The Labute approximate surface area is 115 Å². The minimum absolute atomic E-state index is 0.134. The minimum Gasteiger partial charge on any atom is -0.480 e. The van der Waals surface area contributed by atoms with Crippen molar-refractivity contribution in [2.24, 2.45) is 5.73 Å². The Bertz CT molecular complexity index is 389. The highest BCUT2D eigenvalue weighted by molar-refractivity contribution is 5.85. The lowest BCUT2D eigenvalue weighted by Gasteiger charge is -2.15. The molecule has 2 amide bonds. The fourth-order valence-corrected chi connectivity index (χ4v) is 1.65. The molecule has 20 heavy (non-hydrogen) atoms. The lowest BCUT2D eigenvalue weighted by Crippen LogP contribution is -2.42. The number of carbonyl (C=O) groups excluding carboxylic acids is 2. The van der Waals surface area contributed by atoms with Crippen molar-refractivity contribution in [2.45, 2.75) is 31.4 Å². The van der Waals surface area contributed by atoms with Gasteiger partial charge in [0.25, 0.3) is 0 Å². The Hall–Kier alpha value is -2.09. The zero-order valence-corrected chi connectivity index (χ0v) is 10.9. The summed E-state index contributed by atoms with van der Waals surface area (Å²) in [6, 6.07) is -1.08. The summed E-state index contributed by atoms with van der Waals surface area (Å²) in [6.07, 6.45) is 2.52. The Morgan fingerprint density at radius 2 is 2.25 bits per heavy atom. The largest absolute Gasteiger partial charge is 0.480 e. The second-order valence-corrected chi connectivity index (χ2v) is 4.31. The average Bonchev–Trinajstić information content (AvgIpc) is 2.85. The van der Waals surface area contributed by atoms with Crippen LogP contribution in [0.2, 0.25) is 0 Å². The Kier molecular flexibility index (Phi) is 6.51. The molecule has 1 saturated heterocycles. The smallest absolute Gasteiger partial charge is 0.408 e. The van der Waals surface area contributed by atoms with Gasteiger partial charge in [-0.25, -0.2) is 9.59 Å². The number of carboxylic acids is 1. The van der Waals surface area contributed by atoms with Gasteiger partial charge in [-0.05, 0) is 18.9 Å². The summed E-state index contributed by atoms with van der Waals surface area (Å²) in [5, 5.41) is 11.2. The zero-order chi connectivity index (χ0) is 15.0. The molecule has 1 heterocycles. The van der Waals surface area contributed by atoms with E-state index in [4.69, 9.17) is 20.3 Å². The van der Waals surface area contributed by atoms with Gasteiger partial charge in [0.1, 0.15) is 12.1 Å². The molecule has 0 aromatic heterocycles. The average molecular weight is 286 g/mol. The number of nitrogens with two attached hydrogens (primary N) is 1. The monoisotopic (exact) mass is 286 g/mol. The summed E-state index contributed by atoms with van der Waals surface area (Å²) in [5.41, 5.74) is 4.90. The highest BCUT2D eigenvalue weighted by Crippen LogP contribution is 2.08. The molecule has 0 radical (unpaired) electrons. The molecule has 1 unspecified atom stereocenters. The van der Waals surface area contributed by atoms with Crippen molar-refractivity contribution >= 4 is 18.0 Å². The number of alkyl carbamates (subject to hydrolysis) is 1. The number of nitrogens with one attached hydrogen (secondary N) is 1. The van der Waals surface area contributed by atoms with Gasteiger partial charge in [-0.3, -0.25) is 4.79 Å². The third-order valence-corrected chi connectivity index (χ3v) is 2.66. The molecule has 4 N–H and O–H groups in total. The minimum atomic E-state index is -1.17. The van der Waals surface area contributed by atoms with Crippen molar-refractivity contribution in [3.63, 3.8) is 0 Å². The first-order chi connectivity index (χ1) is 9.49. The van der Waals surface area contributed by atoms with Gasteiger partial charge in [-0.1, -0.05) is 6.08 Å². The SMILES string of the molecule is NC(=O)/C=C/CC[C@H](NC(=O)OC1CCOC1)C(=O)O. The van der Waals surface area contributed by atoms with Gasteiger partial charge < -0.3 is 25.6 Å². The fraction of sp³-hybridized carbons (Fsp3) is 0.583. The van der Waals surface area contributed by atoms with Crippen molar-refractivity contribution in [3.8, 4) is 0 Å². The van der Waals surface area contributed by atoms with E-state index in [1.165, 1.54) is 6.08 Å². The standard InChI is InChI=1S/C12H18N2O6/c13-10(15)4-2-1-3-9(11(16)17)14-12(18)20-8-5-6-19-7-8/h2,4,8-9H,1,3,5-7H2,(H2,13,15)(H,14,18)(H,16,17)/b4-2+/t8?,9-/m0/s1. The van der Waals surface area contributed by atoms with Gasteiger partial charge in [-0.15, -0.1) is 0 Å². The molecule has 1 rings (SSSR count). The highest BCUT2D eigenvalue weighted by Gasteiger charge is 2.24. The van der Waals surface area contributed by atoms with Gasteiger partial charge in [0.15, 0.2) is 0 Å². The van der Waals surface area contributed by atoms with E-state index >= 15 is 0 Å². The van der Waals surface area contributed by atoms with Gasteiger partial charge in [-0.2, -0.15) is 0 Å². The van der Waals surface area contributed by atoms with Crippen molar-refractivity contribution in [1.29, 1.82) is 0 Å². The molecular weight excluding hydrogens is 268 g/mol. The predicted molar refractivity (Wildman–Crippen MR) is 67.8 cm³/mol. The van der Waals surface area contributed by atoms with Crippen LogP contribution in [0.4, 0.5) is 4.79 Å². The first-order valence-corrected chi connectivity index (χ1v) is 6.22. The quantitative estimate of drug-likeness (QED) is 0.555. The van der Waals surface area contributed by atoms with E-state index in [1.54, 1.807) is 0 Å². The maximum absolute atomic E-state index is 11.5. The van der Waals surface area contributed by atoms with E-state index in [0.29, 0.717) is 26.1 Å². The number of carbonyl (C=O) groups is 3. The molecule has 0 aromatic carbocycles. The van der Waals surface area contributed by atoms with Crippen LogP contribution in [-0.4, -0.2) is 48.4 Å². The first kappa shape index (κ1) is 16.0. The molecule has 8 heteroatoms. The third kappa shape index (κ3) is 6.19. The van der Waals surface area contributed by atoms with Crippen LogP contribution in [0.15, 0.2) is 12.2 Å². The van der Waals surface area contributed by atoms with Crippen LogP contribution in [0, 0.1) is 0 Å². The summed E-state index contributed by atoms with van der Waals surface area (Å²) < 4.78 is 10.0. The molecule has 112 valence electrons. The van der Waals surface area contributed by atoms with Gasteiger partial charge >= 0.3 is 12.1 Å². The number of hydrogen-bond donors (Lipinski definition) is 3. The number of carboxylic acid groups (broad SMARTS) is 1. The summed E-state index contributed by atoms with van der Waals surface area (Å²) >= 11 is 0. The summed E-state index contributed by atoms with van der Waals surface area (Å²) in [4.78, 5) is 33.0. The second kappa shape index (κ2) is 8.16. The fourth-order valence-electron chi connectivity index (χ4n) is 1.65. The molecule has 1 aliphatic rings. The summed E-state index contributed by atoms with van der Waals surface area (Å²) in [7, 11) is 0. The van der Waals surface area contributed by atoms with Crippen molar-refractivity contribution in [3.05, 3.63) is 12.2 Å².